The Hall–Kier alpha value is -0.0800. The summed E-state index contributed by atoms with van der Waals surface area (Å²) in [4.78, 5) is 0. The predicted molar refractivity (Wildman–Crippen MR) is 93.0 cm³/mol. The van der Waals surface area contributed by atoms with Crippen LogP contribution in [0.3, 0.4) is 0 Å². The molecule has 4 saturated carbocycles. The molecular formula is C21H36O2. The normalized spacial score (nSPS) is 59.1. The van der Waals surface area contributed by atoms with Gasteiger partial charge in [-0.1, -0.05) is 20.8 Å². The molecule has 0 aliphatic heterocycles. The lowest BCUT2D eigenvalue weighted by Gasteiger charge is -2.61. The van der Waals surface area contributed by atoms with Gasteiger partial charge in [0, 0.05) is 0 Å². The van der Waals surface area contributed by atoms with Gasteiger partial charge in [0.15, 0.2) is 0 Å². The van der Waals surface area contributed by atoms with Crippen LogP contribution in [0.5, 0.6) is 0 Å². The van der Waals surface area contributed by atoms with E-state index in [0.717, 1.165) is 49.4 Å². The Labute approximate surface area is 142 Å². The van der Waals surface area contributed by atoms with Crippen molar-refractivity contribution in [2.75, 3.05) is 0 Å². The molecular weight excluding hydrogens is 284 g/mol. The van der Waals surface area contributed by atoms with Crippen molar-refractivity contribution < 1.29 is 10.2 Å². The smallest absolute Gasteiger partial charge is 0.0701 e. The summed E-state index contributed by atoms with van der Waals surface area (Å²) < 4.78 is 0. The van der Waals surface area contributed by atoms with E-state index in [9.17, 15) is 10.2 Å². The molecule has 8 atom stereocenters. The number of hydrogen-bond acceptors (Lipinski definition) is 2. The van der Waals surface area contributed by atoms with Crippen LogP contribution in [0.2, 0.25) is 0 Å². The van der Waals surface area contributed by atoms with E-state index >= 15 is 0 Å². The summed E-state index contributed by atoms with van der Waals surface area (Å²) in [5, 5.41) is 21.4. The second-order valence-corrected chi connectivity index (χ2v) is 9.97. The van der Waals surface area contributed by atoms with Gasteiger partial charge in [-0.3, -0.25) is 0 Å². The molecule has 2 N–H and O–H groups in total. The number of hydrogen-bond donors (Lipinski definition) is 2. The lowest BCUT2D eigenvalue weighted by atomic mass is 9.44. The predicted octanol–water partition coefficient (Wildman–Crippen LogP) is 4.53. The van der Waals surface area contributed by atoms with E-state index < -0.39 is 5.60 Å². The summed E-state index contributed by atoms with van der Waals surface area (Å²) in [5.41, 5.74) is 0.194. The van der Waals surface area contributed by atoms with Gasteiger partial charge in [-0.05, 0) is 98.7 Å². The van der Waals surface area contributed by atoms with Crippen LogP contribution in [0.25, 0.3) is 0 Å². The molecule has 23 heavy (non-hydrogen) atoms. The van der Waals surface area contributed by atoms with Gasteiger partial charge in [-0.25, -0.2) is 0 Å². The molecule has 0 aromatic carbocycles. The van der Waals surface area contributed by atoms with Crippen LogP contribution in [0.1, 0.15) is 85.0 Å². The van der Waals surface area contributed by atoms with Gasteiger partial charge >= 0.3 is 0 Å². The minimum absolute atomic E-state index is 0.0462. The molecule has 2 heteroatoms. The fraction of sp³-hybridized carbons (Fsp3) is 1.00. The Morgan fingerprint density at radius 1 is 0.913 bits per heavy atom. The lowest BCUT2D eigenvalue weighted by Crippen LogP contribution is -2.56. The fourth-order valence-electron chi connectivity index (χ4n) is 7.93. The van der Waals surface area contributed by atoms with Gasteiger partial charge in [0.2, 0.25) is 0 Å². The van der Waals surface area contributed by atoms with Crippen LogP contribution in [-0.4, -0.2) is 21.9 Å². The van der Waals surface area contributed by atoms with Crippen molar-refractivity contribution in [3.63, 3.8) is 0 Å². The van der Waals surface area contributed by atoms with Crippen LogP contribution >= 0.6 is 0 Å². The Morgan fingerprint density at radius 2 is 1.65 bits per heavy atom. The summed E-state index contributed by atoms with van der Waals surface area (Å²) in [6.07, 6.45) is 11.6. The first-order valence-electron chi connectivity index (χ1n) is 10.2. The van der Waals surface area contributed by atoms with Crippen molar-refractivity contribution in [2.45, 2.75) is 96.7 Å². The van der Waals surface area contributed by atoms with E-state index in [1.165, 1.54) is 38.5 Å². The quantitative estimate of drug-likeness (QED) is 0.745. The molecule has 0 amide bonds. The van der Waals surface area contributed by atoms with Gasteiger partial charge in [0.25, 0.3) is 0 Å². The monoisotopic (exact) mass is 320 g/mol. The molecule has 0 aromatic heterocycles. The highest BCUT2D eigenvalue weighted by Gasteiger charge is 2.63. The lowest BCUT2D eigenvalue weighted by molar-refractivity contribution is -0.159. The first-order valence-corrected chi connectivity index (χ1v) is 10.2. The largest absolute Gasteiger partial charge is 0.393 e. The van der Waals surface area contributed by atoms with Crippen molar-refractivity contribution in [2.24, 2.45) is 34.5 Å². The maximum atomic E-state index is 11.2. The van der Waals surface area contributed by atoms with E-state index in [1.54, 1.807) is 0 Å². The van der Waals surface area contributed by atoms with Crippen LogP contribution in [0.15, 0.2) is 0 Å². The highest BCUT2D eigenvalue weighted by atomic mass is 16.3. The third-order valence-corrected chi connectivity index (χ3v) is 9.54. The van der Waals surface area contributed by atoms with Crippen molar-refractivity contribution in [1.29, 1.82) is 0 Å². The molecule has 132 valence electrons. The zero-order valence-electron chi connectivity index (χ0n) is 15.4. The third-order valence-electron chi connectivity index (χ3n) is 9.54. The molecule has 4 fully saturated rings. The van der Waals surface area contributed by atoms with E-state index in [0.29, 0.717) is 5.41 Å². The van der Waals surface area contributed by atoms with Crippen molar-refractivity contribution in [3.05, 3.63) is 0 Å². The van der Waals surface area contributed by atoms with Crippen molar-refractivity contribution >= 4 is 0 Å². The van der Waals surface area contributed by atoms with Gasteiger partial charge < -0.3 is 10.2 Å². The van der Waals surface area contributed by atoms with Crippen LogP contribution in [0.4, 0.5) is 0 Å². The SMILES string of the molecule is CC[C@@]1(O)CC[C@H]2[C@@H]3CC[C@H]4C[C@H](O)CC[C@]4(C)[C@H]3CC[C@@]21C. The minimum atomic E-state index is -0.414. The fourth-order valence-corrected chi connectivity index (χ4v) is 7.93. The highest BCUT2D eigenvalue weighted by Crippen LogP contribution is 2.68. The summed E-state index contributed by atoms with van der Waals surface area (Å²) >= 11 is 0. The first kappa shape index (κ1) is 16.4. The van der Waals surface area contributed by atoms with E-state index in [2.05, 4.69) is 20.8 Å². The molecule has 4 aliphatic rings. The van der Waals surface area contributed by atoms with E-state index in [-0.39, 0.29) is 11.5 Å². The average molecular weight is 321 g/mol. The second-order valence-electron chi connectivity index (χ2n) is 9.97. The van der Waals surface area contributed by atoms with E-state index in [1.807, 2.05) is 0 Å². The molecule has 4 aliphatic carbocycles. The third kappa shape index (κ3) is 2.06. The molecule has 0 spiro atoms. The molecule has 0 bridgehead atoms. The maximum absolute atomic E-state index is 11.2. The van der Waals surface area contributed by atoms with Crippen LogP contribution in [0, 0.1) is 34.5 Å². The molecule has 0 aromatic rings. The van der Waals surface area contributed by atoms with Gasteiger partial charge in [0.1, 0.15) is 0 Å². The van der Waals surface area contributed by atoms with Gasteiger partial charge in [-0.2, -0.15) is 0 Å². The molecule has 0 unspecified atom stereocenters. The summed E-state index contributed by atoms with van der Waals surface area (Å²) in [5.74, 6) is 3.14. The summed E-state index contributed by atoms with van der Waals surface area (Å²) in [7, 11) is 0. The van der Waals surface area contributed by atoms with E-state index in [4.69, 9.17) is 0 Å². The van der Waals surface area contributed by atoms with Crippen LogP contribution < -0.4 is 0 Å². The standard InChI is InChI=1S/C21H36O2/c1-4-21(23)12-9-18-16-6-5-14-13-15(22)7-10-19(14,2)17(16)8-11-20(18,21)3/h14-18,22-23H,4-13H2,1-3H3/t14-,15+,16+,17-,18-,19-,20-,21+/m0/s1. The Kier molecular flexibility index (Phi) is 3.71. The zero-order valence-corrected chi connectivity index (χ0v) is 15.4. The topological polar surface area (TPSA) is 40.5 Å². The average Bonchev–Trinajstić information content (AvgIpc) is 2.80. The highest BCUT2D eigenvalue weighted by molar-refractivity contribution is 5.13. The number of fused-ring (bicyclic) bond motifs is 5. The molecule has 0 radical (unpaired) electrons. The van der Waals surface area contributed by atoms with Crippen molar-refractivity contribution in [3.8, 4) is 0 Å². The molecule has 4 rings (SSSR count). The second kappa shape index (κ2) is 5.21. The number of rotatable bonds is 1. The molecule has 0 heterocycles. The number of aliphatic hydroxyl groups is 2. The van der Waals surface area contributed by atoms with Crippen LogP contribution in [-0.2, 0) is 0 Å². The molecule has 0 saturated heterocycles. The Bertz CT molecular complexity index is 476. The first-order chi connectivity index (χ1) is 10.8. The number of aliphatic hydroxyl groups excluding tert-OH is 1. The summed E-state index contributed by atoms with van der Waals surface area (Å²) in [6, 6.07) is 0. The van der Waals surface area contributed by atoms with Gasteiger partial charge in [-0.15, -0.1) is 0 Å². The maximum Gasteiger partial charge on any atom is 0.0701 e. The summed E-state index contributed by atoms with van der Waals surface area (Å²) in [6.45, 7) is 7.13. The Morgan fingerprint density at radius 3 is 2.39 bits per heavy atom. The zero-order chi connectivity index (χ0) is 16.5. The molecule has 2 nitrogen and oxygen atoms in total. The Balaban J connectivity index is 1.63. The van der Waals surface area contributed by atoms with Gasteiger partial charge in [0.05, 0.1) is 11.7 Å². The van der Waals surface area contributed by atoms with Crippen molar-refractivity contribution in [1.82, 2.24) is 0 Å². The minimum Gasteiger partial charge on any atom is -0.393 e.